The van der Waals surface area contributed by atoms with Crippen LogP contribution in [0.4, 0.5) is 0 Å². The topological polar surface area (TPSA) is 23.6 Å². The molecule has 1 heterocycles. The number of hydrogen-bond donors (Lipinski definition) is 0. The van der Waals surface area contributed by atoms with E-state index in [-0.39, 0.29) is 5.91 Å². The monoisotopic (exact) mass is 310 g/mol. The van der Waals surface area contributed by atoms with Crippen LogP contribution in [0.3, 0.4) is 0 Å². The Bertz CT molecular complexity index is 575. The molecule has 0 aromatic heterocycles. The van der Waals surface area contributed by atoms with E-state index in [1.165, 1.54) is 19.4 Å². The van der Waals surface area contributed by atoms with E-state index < -0.39 is 0 Å². The zero-order valence-corrected chi connectivity index (χ0v) is 13.7. The van der Waals surface area contributed by atoms with Gasteiger partial charge in [-0.1, -0.05) is 42.5 Å². The zero-order chi connectivity index (χ0) is 15.6. The molecule has 1 aromatic carbocycles. The minimum Gasteiger partial charge on any atom is -0.340 e. The summed E-state index contributed by atoms with van der Waals surface area (Å²) in [5.41, 5.74) is 1.12. The molecule has 0 radical (unpaired) electrons. The highest BCUT2D eigenvalue weighted by Crippen LogP contribution is 2.43. The van der Waals surface area contributed by atoms with Crippen LogP contribution in [0.25, 0.3) is 0 Å². The molecule has 1 aliphatic heterocycles. The minimum absolute atomic E-state index is 0.277. The van der Waals surface area contributed by atoms with Crippen LogP contribution < -0.4 is 0 Å². The molecule has 1 saturated heterocycles. The van der Waals surface area contributed by atoms with Crippen molar-refractivity contribution >= 4 is 5.91 Å². The fourth-order valence-electron chi connectivity index (χ4n) is 4.50. The van der Waals surface area contributed by atoms with Crippen LogP contribution in [0.2, 0.25) is 0 Å². The Labute approximate surface area is 139 Å². The fourth-order valence-corrected chi connectivity index (χ4v) is 4.50. The number of amides is 1. The number of piperazine rings is 1. The van der Waals surface area contributed by atoms with E-state index in [0.717, 1.165) is 49.5 Å². The summed E-state index contributed by atoms with van der Waals surface area (Å²) in [5, 5.41) is 0. The van der Waals surface area contributed by atoms with Crippen molar-refractivity contribution in [2.24, 2.45) is 17.8 Å². The lowest BCUT2D eigenvalue weighted by atomic mass is 9.93. The molecule has 2 aliphatic carbocycles. The third kappa shape index (κ3) is 3.35. The summed E-state index contributed by atoms with van der Waals surface area (Å²) in [6, 6.07) is 10.1. The smallest absolute Gasteiger partial charge is 0.227 e. The van der Waals surface area contributed by atoms with Gasteiger partial charge < -0.3 is 4.90 Å². The molecule has 122 valence electrons. The molecular formula is C20H26N2O. The first kappa shape index (κ1) is 14.9. The van der Waals surface area contributed by atoms with E-state index >= 15 is 0 Å². The highest BCUT2D eigenvalue weighted by atomic mass is 16.2. The normalized spacial score (nSPS) is 30.1. The van der Waals surface area contributed by atoms with Crippen LogP contribution in [-0.4, -0.2) is 48.4 Å². The number of nitrogens with zero attached hydrogens (tertiary/aromatic N) is 2. The summed E-state index contributed by atoms with van der Waals surface area (Å²) >= 11 is 0. The van der Waals surface area contributed by atoms with Crippen LogP contribution in [0.5, 0.6) is 0 Å². The SMILES string of the molecule is O=C(Cc1ccccc1)N1CCN(C[C@H]2C[C@H]3C=C[C@@H]2C3)CC1. The number of rotatable bonds is 4. The van der Waals surface area contributed by atoms with Gasteiger partial charge in [-0.3, -0.25) is 9.69 Å². The van der Waals surface area contributed by atoms with Crippen molar-refractivity contribution in [3.8, 4) is 0 Å². The Kier molecular flexibility index (Phi) is 4.21. The van der Waals surface area contributed by atoms with Gasteiger partial charge >= 0.3 is 0 Å². The van der Waals surface area contributed by atoms with E-state index in [1.54, 1.807) is 0 Å². The van der Waals surface area contributed by atoms with Gasteiger partial charge in [0.2, 0.25) is 5.91 Å². The van der Waals surface area contributed by atoms with Crippen molar-refractivity contribution in [2.75, 3.05) is 32.7 Å². The van der Waals surface area contributed by atoms with E-state index in [2.05, 4.69) is 17.1 Å². The maximum absolute atomic E-state index is 12.4. The molecule has 3 atom stereocenters. The average Bonchev–Trinajstić information content (AvgIpc) is 3.19. The van der Waals surface area contributed by atoms with Gasteiger partial charge in [0.25, 0.3) is 0 Å². The van der Waals surface area contributed by atoms with Gasteiger partial charge in [-0.05, 0) is 36.2 Å². The van der Waals surface area contributed by atoms with Crippen molar-refractivity contribution in [3.05, 3.63) is 48.0 Å². The van der Waals surface area contributed by atoms with E-state index in [0.29, 0.717) is 6.42 Å². The second-order valence-electron chi connectivity index (χ2n) is 7.38. The summed E-state index contributed by atoms with van der Waals surface area (Å²) in [5.74, 6) is 2.83. The predicted octanol–water partition coefficient (Wildman–Crippen LogP) is 2.59. The van der Waals surface area contributed by atoms with Crippen LogP contribution >= 0.6 is 0 Å². The summed E-state index contributed by atoms with van der Waals surface area (Å²) in [7, 11) is 0. The molecule has 3 heteroatoms. The fraction of sp³-hybridized carbons (Fsp3) is 0.550. The Morgan fingerprint density at radius 1 is 1.00 bits per heavy atom. The molecule has 0 N–H and O–H groups in total. The molecule has 0 unspecified atom stereocenters. The van der Waals surface area contributed by atoms with E-state index in [9.17, 15) is 4.79 Å². The van der Waals surface area contributed by atoms with Gasteiger partial charge in [-0.2, -0.15) is 0 Å². The number of allylic oxidation sites excluding steroid dienone is 2. The average molecular weight is 310 g/mol. The minimum atomic E-state index is 0.277. The van der Waals surface area contributed by atoms with Gasteiger partial charge in [-0.25, -0.2) is 0 Å². The number of carbonyl (C=O) groups excluding carboxylic acids is 1. The summed E-state index contributed by atoms with van der Waals surface area (Å²) in [6.07, 6.45) is 8.17. The molecule has 0 spiro atoms. The summed E-state index contributed by atoms with van der Waals surface area (Å²) in [4.78, 5) is 17.0. The van der Waals surface area contributed by atoms with Crippen molar-refractivity contribution < 1.29 is 4.79 Å². The maximum Gasteiger partial charge on any atom is 0.227 e. The molecule has 1 amide bonds. The number of benzene rings is 1. The first-order chi connectivity index (χ1) is 11.3. The first-order valence-corrected chi connectivity index (χ1v) is 9.00. The number of hydrogen-bond acceptors (Lipinski definition) is 2. The second-order valence-corrected chi connectivity index (χ2v) is 7.38. The molecule has 23 heavy (non-hydrogen) atoms. The van der Waals surface area contributed by atoms with Crippen LogP contribution in [0.1, 0.15) is 18.4 Å². The molecule has 1 aromatic rings. The quantitative estimate of drug-likeness (QED) is 0.798. The molecule has 2 bridgehead atoms. The molecule has 3 aliphatic rings. The maximum atomic E-state index is 12.4. The molecule has 2 fully saturated rings. The lowest BCUT2D eigenvalue weighted by Gasteiger charge is -2.37. The van der Waals surface area contributed by atoms with Crippen LogP contribution in [0.15, 0.2) is 42.5 Å². The van der Waals surface area contributed by atoms with Gasteiger partial charge in [-0.15, -0.1) is 0 Å². The van der Waals surface area contributed by atoms with Crippen LogP contribution in [-0.2, 0) is 11.2 Å². The largest absolute Gasteiger partial charge is 0.340 e. The van der Waals surface area contributed by atoms with Crippen molar-refractivity contribution in [1.82, 2.24) is 9.80 Å². The Balaban J connectivity index is 1.24. The van der Waals surface area contributed by atoms with Gasteiger partial charge in [0, 0.05) is 32.7 Å². The standard InChI is InChI=1S/C20H26N2O/c23-20(14-16-4-2-1-3-5-16)22-10-8-21(9-11-22)15-19-13-17-6-7-18(19)12-17/h1-7,17-19H,8-15H2/t17-,18+,19+/m0/s1. The molecule has 1 saturated carbocycles. The third-order valence-electron chi connectivity index (χ3n) is 5.83. The Hall–Kier alpha value is -1.61. The number of carbonyl (C=O) groups is 1. The van der Waals surface area contributed by atoms with Crippen LogP contribution in [0, 0.1) is 17.8 Å². The lowest BCUT2D eigenvalue weighted by Crippen LogP contribution is -2.50. The zero-order valence-electron chi connectivity index (χ0n) is 13.7. The molecule has 4 rings (SSSR count). The Morgan fingerprint density at radius 2 is 1.78 bits per heavy atom. The summed E-state index contributed by atoms with van der Waals surface area (Å²) < 4.78 is 0. The van der Waals surface area contributed by atoms with Gasteiger partial charge in [0.1, 0.15) is 0 Å². The van der Waals surface area contributed by atoms with Crippen molar-refractivity contribution in [1.29, 1.82) is 0 Å². The first-order valence-electron chi connectivity index (χ1n) is 9.00. The Morgan fingerprint density at radius 3 is 2.43 bits per heavy atom. The van der Waals surface area contributed by atoms with Crippen molar-refractivity contribution in [2.45, 2.75) is 19.3 Å². The molecular weight excluding hydrogens is 284 g/mol. The molecule has 3 nitrogen and oxygen atoms in total. The lowest BCUT2D eigenvalue weighted by molar-refractivity contribution is -0.132. The van der Waals surface area contributed by atoms with E-state index in [4.69, 9.17) is 0 Å². The van der Waals surface area contributed by atoms with Gasteiger partial charge in [0.05, 0.1) is 6.42 Å². The van der Waals surface area contributed by atoms with Gasteiger partial charge in [0.15, 0.2) is 0 Å². The van der Waals surface area contributed by atoms with Crippen molar-refractivity contribution in [3.63, 3.8) is 0 Å². The summed E-state index contributed by atoms with van der Waals surface area (Å²) in [6.45, 7) is 5.09. The van der Waals surface area contributed by atoms with E-state index in [1.807, 2.05) is 35.2 Å². The highest BCUT2D eigenvalue weighted by Gasteiger charge is 2.36. The highest BCUT2D eigenvalue weighted by molar-refractivity contribution is 5.78. The number of fused-ring (bicyclic) bond motifs is 2. The third-order valence-corrected chi connectivity index (χ3v) is 5.83. The predicted molar refractivity (Wildman–Crippen MR) is 92.0 cm³/mol. The second kappa shape index (κ2) is 6.48.